The molecule has 0 bridgehead atoms. The molecule has 7 heteroatoms. The lowest BCUT2D eigenvalue weighted by Crippen LogP contribution is -2.27. The number of hydrogen-bond donors (Lipinski definition) is 2. The Morgan fingerprint density at radius 3 is 2.62 bits per heavy atom. The maximum absolute atomic E-state index is 12.6. The van der Waals surface area contributed by atoms with Crippen LogP contribution in [0.2, 0.25) is 5.02 Å². The van der Waals surface area contributed by atoms with E-state index < -0.39 is 0 Å². The Morgan fingerprint density at radius 2 is 1.88 bits per heavy atom. The molecule has 2 N–H and O–H groups in total. The average molecular weight is 369 g/mol. The first-order valence-electron chi connectivity index (χ1n) is 8.42. The van der Waals surface area contributed by atoms with Crippen LogP contribution in [-0.2, 0) is 6.54 Å². The number of benzene rings is 1. The molecule has 1 aromatic carbocycles. The standard InChI is InChI=1S/C19H17ClN4O2/c20-13-6-4-12(5-7-13)11-21-18(25)16-15-3-1-2-10-24(15)17(23-16)19(26)22-14-8-9-14/h1-7,10,14H,8-9,11H2,(H,21,25)(H,22,26). The summed E-state index contributed by atoms with van der Waals surface area (Å²) < 4.78 is 1.65. The van der Waals surface area contributed by atoms with E-state index in [4.69, 9.17) is 11.6 Å². The van der Waals surface area contributed by atoms with Gasteiger partial charge in [0.05, 0.1) is 5.52 Å². The molecule has 1 aliphatic rings. The summed E-state index contributed by atoms with van der Waals surface area (Å²) in [5, 5.41) is 6.40. The number of hydrogen-bond acceptors (Lipinski definition) is 3. The SMILES string of the molecule is O=C(NCc1ccc(Cl)cc1)c1nc(C(=O)NC2CC2)n2ccccc12. The molecular weight excluding hydrogens is 352 g/mol. The predicted molar refractivity (Wildman–Crippen MR) is 98.3 cm³/mol. The topological polar surface area (TPSA) is 75.5 Å². The summed E-state index contributed by atoms with van der Waals surface area (Å²) in [6.45, 7) is 0.353. The number of nitrogens with one attached hydrogen (secondary N) is 2. The van der Waals surface area contributed by atoms with Gasteiger partial charge in [0.2, 0.25) is 5.82 Å². The fraction of sp³-hybridized carbons (Fsp3) is 0.211. The van der Waals surface area contributed by atoms with Crippen molar-refractivity contribution in [3.63, 3.8) is 0 Å². The van der Waals surface area contributed by atoms with Gasteiger partial charge in [-0.25, -0.2) is 4.98 Å². The average Bonchev–Trinajstić information content (AvgIpc) is 3.38. The molecule has 1 fully saturated rings. The smallest absolute Gasteiger partial charge is 0.287 e. The minimum Gasteiger partial charge on any atom is -0.347 e. The monoisotopic (exact) mass is 368 g/mol. The van der Waals surface area contributed by atoms with E-state index in [-0.39, 0.29) is 29.4 Å². The van der Waals surface area contributed by atoms with Crippen molar-refractivity contribution in [2.45, 2.75) is 25.4 Å². The summed E-state index contributed by atoms with van der Waals surface area (Å²) in [7, 11) is 0. The second kappa shape index (κ2) is 6.80. The Labute approximate surface area is 155 Å². The minimum absolute atomic E-state index is 0.223. The van der Waals surface area contributed by atoms with Gasteiger partial charge in [-0.05, 0) is 42.7 Å². The highest BCUT2D eigenvalue weighted by atomic mass is 35.5. The maximum atomic E-state index is 12.6. The van der Waals surface area contributed by atoms with Crippen LogP contribution in [-0.4, -0.2) is 27.2 Å². The van der Waals surface area contributed by atoms with E-state index in [2.05, 4.69) is 15.6 Å². The number of amides is 2. The van der Waals surface area contributed by atoms with Gasteiger partial charge in [-0.3, -0.25) is 14.0 Å². The number of carbonyl (C=O) groups is 2. The largest absolute Gasteiger partial charge is 0.347 e. The molecule has 1 aliphatic carbocycles. The molecule has 26 heavy (non-hydrogen) atoms. The molecule has 0 atom stereocenters. The Bertz CT molecular complexity index is 977. The third-order valence-electron chi connectivity index (χ3n) is 4.25. The van der Waals surface area contributed by atoms with Crippen molar-refractivity contribution in [1.82, 2.24) is 20.0 Å². The zero-order valence-corrected chi connectivity index (χ0v) is 14.7. The molecule has 0 radical (unpaired) electrons. The van der Waals surface area contributed by atoms with Crippen LogP contribution in [0.5, 0.6) is 0 Å². The second-order valence-corrected chi connectivity index (χ2v) is 6.73. The maximum Gasteiger partial charge on any atom is 0.287 e. The van der Waals surface area contributed by atoms with Crippen LogP contribution >= 0.6 is 11.6 Å². The van der Waals surface area contributed by atoms with Crippen molar-refractivity contribution < 1.29 is 9.59 Å². The molecule has 4 rings (SSSR count). The summed E-state index contributed by atoms with van der Waals surface area (Å²) >= 11 is 5.87. The lowest BCUT2D eigenvalue weighted by Gasteiger charge is -2.04. The minimum atomic E-state index is -0.325. The van der Waals surface area contributed by atoms with E-state index in [0.29, 0.717) is 17.1 Å². The van der Waals surface area contributed by atoms with Gasteiger partial charge in [0.25, 0.3) is 11.8 Å². The molecule has 0 saturated heterocycles. The van der Waals surface area contributed by atoms with Crippen molar-refractivity contribution in [3.05, 3.63) is 70.8 Å². The van der Waals surface area contributed by atoms with E-state index in [9.17, 15) is 9.59 Å². The van der Waals surface area contributed by atoms with E-state index in [0.717, 1.165) is 18.4 Å². The molecule has 6 nitrogen and oxygen atoms in total. The third kappa shape index (κ3) is 3.41. The number of fused-ring (bicyclic) bond motifs is 1. The highest BCUT2D eigenvalue weighted by molar-refractivity contribution is 6.30. The molecule has 1 saturated carbocycles. The van der Waals surface area contributed by atoms with Crippen LogP contribution in [0.25, 0.3) is 5.52 Å². The molecule has 132 valence electrons. The van der Waals surface area contributed by atoms with Gasteiger partial charge in [-0.2, -0.15) is 0 Å². The molecule has 0 unspecified atom stereocenters. The number of nitrogens with zero attached hydrogens (tertiary/aromatic N) is 2. The summed E-state index contributed by atoms with van der Waals surface area (Å²) in [6.07, 6.45) is 3.72. The lowest BCUT2D eigenvalue weighted by atomic mass is 10.2. The van der Waals surface area contributed by atoms with E-state index >= 15 is 0 Å². The van der Waals surface area contributed by atoms with E-state index in [1.54, 1.807) is 34.9 Å². The van der Waals surface area contributed by atoms with Crippen molar-refractivity contribution in [2.75, 3.05) is 0 Å². The molecule has 2 heterocycles. The molecule has 3 aromatic rings. The lowest BCUT2D eigenvalue weighted by molar-refractivity contribution is 0.0940. The third-order valence-corrected chi connectivity index (χ3v) is 4.50. The van der Waals surface area contributed by atoms with Crippen LogP contribution in [0.15, 0.2) is 48.7 Å². The molecule has 0 spiro atoms. The first-order valence-corrected chi connectivity index (χ1v) is 8.80. The predicted octanol–water partition coefficient (Wildman–Crippen LogP) is 2.81. The van der Waals surface area contributed by atoms with Gasteiger partial charge in [0.15, 0.2) is 5.69 Å². The zero-order chi connectivity index (χ0) is 18.1. The van der Waals surface area contributed by atoms with E-state index in [1.807, 2.05) is 18.2 Å². The van der Waals surface area contributed by atoms with Crippen LogP contribution in [0.3, 0.4) is 0 Å². The van der Waals surface area contributed by atoms with Gasteiger partial charge in [-0.15, -0.1) is 0 Å². The van der Waals surface area contributed by atoms with Gasteiger partial charge in [-0.1, -0.05) is 29.8 Å². The van der Waals surface area contributed by atoms with Gasteiger partial charge in [0.1, 0.15) is 0 Å². The second-order valence-electron chi connectivity index (χ2n) is 6.30. The Morgan fingerprint density at radius 1 is 1.12 bits per heavy atom. The van der Waals surface area contributed by atoms with E-state index in [1.165, 1.54) is 0 Å². The number of carbonyl (C=O) groups excluding carboxylic acids is 2. The Kier molecular flexibility index (Phi) is 4.34. The zero-order valence-electron chi connectivity index (χ0n) is 13.9. The first kappa shape index (κ1) is 16.6. The van der Waals surface area contributed by atoms with Crippen LogP contribution < -0.4 is 10.6 Å². The number of aromatic nitrogens is 2. The normalized spacial score (nSPS) is 13.6. The number of halogens is 1. The molecule has 0 aliphatic heterocycles. The highest BCUT2D eigenvalue weighted by Crippen LogP contribution is 2.20. The summed E-state index contributed by atoms with van der Waals surface area (Å²) in [4.78, 5) is 29.4. The molecule has 2 aromatic heterocycles. The van der Waals surface area contributed by atoms with Crippen LogP contribution in [0, 0.1) is 0 Å². The number of pyridine rings is 1. The van der Waals surface area contributed by atoms with Gasteiger partial charge < -0.3 is 10.6 Å². The van der Waals surface area contributed by atoms with Crippen molar-refractivity contribution in [2.24, 2.45) is 0 Å². The highest BCUT2D eigenvalue weighted by Gasteiger charge is 2.27. The van der Waals surface area contributed by atoms with Crippen LogP contribution in [0.4, 0.5) is 0 Å². The van der Waals surface area contributed by atoms with Crippen molar-refractivity contribution in [1.29, 1.82) is 0 Å². The summed E-state index contributed by atoms with van der Waals surface area (Å²) in [5.74, 6) is -0.358. The summed E-state index contributed by atoms with van der Waals surface area (Å²) in [6, 6.07) is 12.9. The Hall–Kier alpha value is -2.86. The fourth-order valence-electron chi connectivity index (χ4n) is 2.71. The summed E-state index contributed by atoms with van der Waals surface area (Å²) in [5.41, 5.74) is 1.76. The van der Waals surface area contributed by atoms with Gasteiger partial charge >= 0.3 is 0 Å². The fourth-order valence-corrected chi connectivity index (χ4v) is 2.84. The number of imidazole rings is 1. The van der Waals surface area contributed by atoms with Crippen LogP contribution in [0.1, 0.15) is 39.5 Å². The van der Waals surface area contributed by atoms with Crippen molar-refractivity contribution in [3.8, 4) is 0 Å². The van der Waals surface area contributed by atoms with Crippen molar-refractivity contribution >= 4 is 28.9 Å². The molecular formula is C19H17ClN4O2. The number of rotatable bonds is 5. The first-order chi connectivity index (χ1) is 12.6. The quantitative estimate of drug-likeness (QED) is 0.727. The molecule has 2 amide bonds. The Balaban J connectivity index is 1.57. The van der Waals surface area contributed by atoms with Gasteiger partial charge in [0, 0.05) is 23.8 Å².